The van der Waals surface area contributed by atoms with Crippen molar-refractivity contribution in [1.82, 2.24) is 4.98 Å². The van der Waals surface area contributed by atoms with E-state index in [9.17, 15) is 14.7 Å². The molecule has 0 saturated carbocycles. The van der Waals surface area contributed by atoms with Gasteiger partial charge < -0.3 is 10.4 Å². The maximum Gasteiger partial charge on any atom is 0.335 e. The third kappa shape index (κ3) is 5.64. The van der Waals surface area contributed by atoms with Crippen LogP contribution in [0.15, 0.2) is 53.9 Å². The molecular formula is C24H24N2O3S. The number of nitrogens with zero attached hydrogens (tertiary/aromatic N) is 1. The highest BCUT2D eigenvalue weighted by Gasteiger charge is 2.16. The van der Waals surface area contributed by atoms with E-state index in [1.54, 1.807) is 35.6 Å². The van der Waals surface area contributed by atoms with E-state index >= 15 is 0 Å². The molecule has 1 heterocycles. The number of thiazole rings is 1. The van der Waals surface area contributed by atoms with Crippen LogP contribution in [0.3, 0.4) is 0 Å². The number of carbonyl (C=O) groups is 2. The van der Waals surface area contributed by atoms with Crippen LogP contribution in [0.1, 0.15) is 53.0 Å². The Morgan fingerprint density at radius 3 is 2.57 bits per heavy atom. The Bertz CT molecular complexity index is 1090. The van der Waals surface area contributed by atoms with Crippen molar-refractivity contribution in [1.29, 1.82) is 0 Å². The molecule has 0 unspecified atom stereocenters. The lowest BCUT2D eigenvalue weighted by Crippen LogP contribution is -2.16. The van der Waals surface area contributed by atoms with Crippen molar-refractivity contribution in [3.8, 4) is 0 Å². The molecule has 0 aliphatic rings. The summed E-state index contributed by atoms with van der Waals surface area (Å²) in [4.78, 5) is 28.4. The normalized spacial score (nSPS) is 11.6. The van der Waals surface area contributed by atoms with Crippen LogP contribution in [0.4, 0.5) is 5.69 Å². The molecule has 0 saturated heterocycles. The average Bonchev–Trinajstić information content (AvgIpc) is 3.16. The number of nitrogens with one attached hydrogen (secondary N) is 1. The minimum Gasteiger partial charge on any atom is -0.478 e. The van der Waals surface area contributed by atoms with E-state index in [0.717, 1.165) is 16.3 Å². The van der Waals surface area contributed by atoms with Gasteiger partial charge in [-0.1, -0.05) is 57.2 Å². The summed E-state index contributed by atoms with van der Waals surface area (Å²) in [5.74, 6) is -1.30. The zero-order chi connectivity index (χ0) is 21.7. The average molecular weight is 421 g/mol. The number of aromatic carboxylic acids is 1. The van der Waals surface area contributed by atoms with Gasteiger partial charge in [-0.25, -0.2) is 9.78 Å². The van der Waals surface area contributed by atoms with Gasteiger partial charge in [0.15, 0.2) is 0 Å². The maximum atomic E-state index is 12.4. The topological polar surface area (TPSA) is 79.3 Å². The van der Waals surface area contributed by atoms with Crippen LogP contribution in [0, 0.1) is 0 Å². The van der Waals surface area contributed by atoms with E-state index in [2.05, 4.69) is 36.5 Å². The predicted octanol–water partition coefficient (Wildman–Crippen LogP) is 5.49. The molecule has 0 fully saturated rings. The Kier molecular flexibility index (Phi) is 6.47. The molecule has 0 atom stereocenters. The molecule has 5 nitrogen and oxygen atoms in total. The second-order valence-electron chi connectivity index (χ2n) is 7.97. The Balaban J connectivity index is 1.68. The van der Waals surface area contributed by atoms with Crippen molar-refractivity contribution in [2.24, 2.45) is 0 Å². The number of hydrogen-bond acceptors (Lipinski definition) is 4. The van der Waals surface area contributed by atoms with E-state index in [1.807, 2.05) is 30.4 Å². The number of rotatable bonds is 6. The first-order valence-corrected chi connectivity index (χ1v) is 10.5. The molecule has 1 amide bonds. The van der Waals surface area contributed by atoms with E-state index in [-0.39, 0.29) is 23.3 Å². The van der Waals surface area contributed by atoms with Crippen LogP contribution in [0.5, 0.6) is 0 Å². The van der Waals surface area contributed by atoms with Gasteiger partial charge >= 0.3 is 5.97 Å². The molecule has 0 aliphatic heterocycles. The highest BCUT2D eigenvalue weighted by Crippen LogP contribution is 2.25. The number of anilines is 1. The van der Waals surface area contributed by atoms with Gasteiger partial charge in [-0.2, -0.15) is 0 Å². The third-order valence-electron chi connectivity index (χ3n) is 4.48. The van der Waals surface area contributed by atoms with Crippen LogP contribution < -0.4 is 5.32 Å². The molecule has 30 heavy (non-hydrogen) atoms. The van der Waals surface area contributed by atoms with E-state index < -0.39 is 5.97 Å². The molecule has 0 aliphatic carbocycles. The molecule has 3 aromatic rings. The molecule has 2 N–H and O–H groups in total. The predicted molar refractivity (Wildman–Crippen MR) is 122 cm³/mol. The van der Waals surface area contributed by atoms with Crippen LogP contribution in [-0.2, 0) is 16.6 Å². The summed E-state index contributed by atoms with van der Waals surface area (Å²) in [5.41, 5.74) is 3.30. The van der Waals surface area contributed by atoms with Crippen LogP contribution in [-0.4, -0.2) is 22.0 Å². The lowest BCUT2D eigenvalue weighted by molar-refractivity contribution is -0.115. The second kappa shape index (κ2) is 9.05. The van der Waals surface area contributed by atoms with Gasteiger partial charge in [0.2, 0.25) is 5.91 Å². The lowest BCUT2D eigenvalue weighted by atomic mass is 9.93. The summed E-state index contributed by atoms with van der Waals surface area (Å²) in [5, 5.41) is 15.1. The summed E-state index contributed by atoms with van der Waals surface area (Å²) < 4.78 is 0. The van der Waals surface area contributed by atoms with Gasteiger partial charge in [-0.15, -0.1) is 11.3 Å². The number of amides is 1. The number of aromatic nitrogens is 1. The van der Waals surface area contributed by atoms with Gasteiger partial charge in [0.1, 0.15) is 5.01 Å². The maximum absolute atomic E-state index is 12.4. The Hall–Kier alpha value is -3.25. The quantitative estimate of drug-likeness (QED) is 0.553. The molecule has 0 spiro atoms. The highest BCUT2D eigenvalue weighted by atomic mass is 32.1. The van der Waals surface area contributed by atoms with Crippen molar-refractivity contribution in [2.45, 2.75) is 32.6 Å². The fraction of sp³-hybridized carbons (Fsp3) is 0.208. The fourth-order valence-electron chi connectivity index (χ4n) is 2.86. The Morgan fingerprint density at radius 1 is 1.10 bits per heavy atom. The minimum atomic E-state index is -1.04. The van der Waals surface area contributed by atoms with Gasteiger partial charge in [-0.05, 0) is 35.4 Å². The number of benzene rings is 2. The van der Waals surface area contributed by atoms with Crippen molar-refractivity contribution in [2.75, 3.05) is 5.32 Å². The molecule has 1 aromatic heterocycles. The van der Waals surface area contributed by atoms with Crippen LogP contribution in [0.25, 0.3) is 12.2 Å². The highest BCUT2D eigenvalue weighted by molar-refractivity contribution is 7.10. The summed E-state index contributed by atoms with van der Waals surface area (Å²) in [6, 6.07) is 14.0. The fourth-order valence-corrected chi connectivity index (χ4v) is 3.79. The molecule has 3 rings (SSSR count). The second-order valence-corrected chi connectivity index (χ2v) is 8.86. The standard InChI is InChI=1S/C24H24N2O3S/c1-24(2,3)20-15-30-22(26-20)12-11-16-7-6-9-18(13-16)25-21(27)14-17-8-4-5-10-19(17)23(28)29/h4-13,15H,14H2,1-3H3,(H,25,27)(H,28,29)/b12-11+. The largest absolute Gasteiger partial charge is 0.478 e. The summed E-state index contributed by atoms with van der Waals surface area (Å²) in [6.07, 6.45) is 3.92. The molecule has 0 bridgehead atoms. The number of carboxylic acids is 1. The van der Waals surface area contributed by atoms with Gasteiger partial charge in [0.05, 0.1) is 17.7 Å². The zero-order valence-electron chi connectivity index (χ0n) is 17.2. The Morgan fingerprint density at radius 2 is 1.87 bits per heavy atom. The van der Waals surface area contributed by atoms with Crippen molar-refractivity contribution in [3.63, 3.8) is 0 Å². The smallest absolute Gasteiger partial charge is 0.335 e. The zero-order valence-corrected chi connectivity index (χ0v) is 18.0. The lowest BCUT2D eigenvalue weighted by Gasteiger charge is -2.13. The summed E-state index contributed by atoms with van der Waals surface area (Å²) in [6.45, 7) is 6.41. The van der Waals surface area contributed by atoms with Crippen LogP contribution in [0.2, 0.25) is 0 Å². The van der Waals surface area contributed by atoms with E-state index in [4.69, 9.17) is 0 Å². The number of carboxylic acid groups (broad SMARTS) is 1. The van der Waals surface area contributed by atoms with Crippen LogP contribution >= 0.6 is 11.3 Å². The first-order valence-electron chi connectivity index (χ1n) is 9.57. The molecule has 2 aromatic carbocycles. The molecule has 154 valence electrons. The Labute approximate surface area is 180 Å². The van der Waals surface area contributed by atoms with Crippen molar-refractivity contribution >= 4 is 41.1 Å². The van der Waals surface area contributed by atoms with E-state index in [0.29, 0.717) is 11.3 Å². The van der Waals surface area contributed by atoms with Gasteiger partial charge in [0, 0.05) is 16.5 Å². The number of hydrogen-bond donors (Lipinski definition) is 2. The summed E-state index contributed by atoms with van der Waals surface area (Å²) >= 11 is 1.60. The number of carbonyl (C=O) groups excluding carboxylic acids is 1. The van der Waals surface area contributed by atoms with Crippen molar-refractivity contribution in [3.05, 3.63) is 81.3 Å². The molecular weight excluding hydrogens is 396 g/mol. The van der Waals surface area contributed by atoms with Crippen molar-refractivity contribution < 1.29 is 14.7 Å². The van der Waals surface area contributed by atoms with Gasteiger partial charge in [-0.3, -0.25) is 4.79 Å². The monoisotopic (exact) mass is 420 g/mol. The van der Waals surface area contributed by atoms with E-state index in [1.165, 1.54) is 6.07 Å². The minimum absolute atomic E-state index is 0.00274. The van der Waals surface area contributed by atoms with Gasteiger partial charge in [0.25, 0.3) is 0 Å². The molecule has 0 radical (unpaired) electrons. The first kappa shape index (κ1) is 21.5. The third-order valence-corrected chi connectivity index (χ3v) is 5.29. The first-order chi connectivity index (χ1) is 14.2. The molecule has 6 heteroatoms. The SMILES string of the molecule is CC(C)(C)c1csc(/C=C/c2cccc(NC(=O)Cc3ccccc3C(=O)O)c2)n1. The summed E-state index contributed by atoms with van der Waals surface area (Å²) in [7, 11) is 0.